The molecule has 0 bridgehead atoms. The van der Waals surface area contributed by atoms with Gasteiger partial charge in [0.15, 0.2) is 0 Å². The number of aliphatic hydroxyl groups excluding tert-OH is 1. The van der Waals surface area contributed by atoms with E-state index in [2.05, 4.69) is 12.7 Å². The number of aliphatic hydroxyl groups is 1. The Morgan fingerprint density at radius 1 is 1.43 bits per heavy atom. The largest absolute Gasteiger partial charge is 0.393 e. The van der Waals surface area contributed by atoms with E-state index in [1.807, 2.05) is 19.1 Å². The molecular formula is C12H21ClO. The Kier molecular flexibility index (Phi) is 9.11. The van der Waals surface area contributed by atoms with Crippen LogP contribution in [0.25, 0.3) is 0 Å². The van der Waals surface area contributed by atoms with Crippen LogP contribution in [0.4, 0.5) is 0 Å². The Morgan fingerprint density at radius 2 is 2.14 bits per heavy atom. The Labute approximate surface area is 92.5 Å². The molecule has 0 amide bonds. The summed E-state index contributed by atoms with van der Waals surface area (Å²) < 4.78 is 0. The summed E-state index contributed by atoms with van der Waals surface area (Å²) in [7, 11) is 0. The molecule has 0 heterocycles. The first-order chi connectivity index (χ1) is 6.70. The van der Waals surface area contributed by atoms with E-state index in [1.165, 1.54) is 0 Å². The van der Waals surface area contributed by atoms with Crippen molar-refractivity contribution in [3.63, 3.8) is 0 Å². The van der Waals surface area contributed by atoms with Crippen molar-refractivity contribution in [1.82, 2.24) is 0 Å². The van der Waals surface area contributed by atoms with Crippen LogP contribution >= 0.6 is 11.6 Å². The summed E-state index contributed by atoms with van der Waals surface area (Å²) in [5.74, 6) is 1.11. The van der Waals surface area contributed by atoms with Gasteiger partial charge in [-0.15, -0.1) is 18.2 Å². The first-order valence-corrected chi connectivity index (χ1v) is 5.75. The molecule has 2 atom stereocenters. The Balaban J connectivity index is 3.72. The molecule has 0 aromatic heterocycles. The lowest BCUT2D eigenvalue weighted by Gasteiger charge is -2.10. The minimum Gasteiger partial charge on any atom is -0.393 e. The van der Waals surface area contributed by atoms with Crippen LogP contribution in [-0.2, 0) is 0 Å². The Morgan fingerprint density at radius 3 is 2.64 bits per heavy atom. The van der Waals surface area contributed by atoms with Crippen LogP contribution in [0.15, 0.2) is 24.8 Å². The van der Waals surface area contributed by atoms with E-state index in [9.17, 15) is 0 Å². The van der Waals surface area contributed by atoms with Crippen LogP contribution < -0.4 is 0 Å². The molecule has 0 aliphatic carbocycles. The second-order valence-electron chi connectivity index (χ2n) is 3.65. The third-order valence-corrected chi connectivity index (χ3v) is 2.34. The number of rotatable bonds is 8. The predicted molar refractivity (Wildman–Crippen MR) is 63.7 cm³/mol. The summed E-state index contributed by atoms with van der Waals surface area (Å²) in [6.45, 7) is 5.57. The molecule has 2 heteroatoms. The normalized spacial score (nSPS) is 15.6. The van der Waals surface area contributed by atoms with Gasteiger partial charge in [-0.1, -0.05) is 24.6 Å². The van der Waals surface area contributed by atoms with Crippen molar-refractivity contribution in [2.24, 2.45) is 5.92 Å². The van der Waals surface area contributed by atoms with E-state index in [0.29, 0.717) is 11.8 Å². The summed E-state index contributed by atoms with van der Waals surface area (Å²) in [6.07, 6.45) is 9.92. The molecule has 1 N–H and O–H groups in total. The van der Waals surface area contributed by atoms with E-state index in [1.54, 1.807) is 0 Å². The minimum absolute atomic E-state index is 0.184. The van der Waals surface area contributed by atoms with Gasteiger partial charge in [0.25, 0.3) is 0 Å². The molecule has 14 heavy (non-hydrogen) atoms. The van der Waals surface area contributed by atoms with E-state index in [0.717, 1.165) is 25.7 Å². The van der Waals surface area contributed by atoms with Crippen molar-refractivity contribution in [3.05, 3.63) is 24.8 Å². The highest BCUT2D eigenvalue weighted by atomic mass is 35.5. The highest BCUT2D eigenvalue weighted by Gasteiger charge is 2.03. The molecule has 1 nitrogen and oxygen atoms in total. The van der Waals surface area contributed by atoms with Crippen LogP contribution in [0.5, 0.6) is 0 Å². The van der Waals surface area contributed by atoms with Gasteiger partial charge in [-0.05, 0) is 32.1 Å². The predicted octanol–water partition coefficient (Wildman–Crippen LogP) is 3.52. The fourth-order valence-corrected chi connectivity index (χ4v) is 1.53. The van der Waals surface area contributed by atoms with Crippen molar-refractivity contribution >= 4 is 11.6 Å². The van der Waals surface area contributed by atoms with Crippen molar-refractivity contribution in [2.45, 2.75) is 38.7 Å². The summed E-state index contributed by atoms with van der Waals surface area (Å²) in [6, 6.07) is 0. The molecule has 0 rings (SSSR count). The third kappa shape index (κ3) is 8.33. The van der Waals surface area contributed by atoms with E-state index < -0.39 is 0 Å². The molecular weight excluding hydrogens is 196 g/mol. The molecule has 0 aromatic carbocycles. The van der Waals surface area contributed by atoms with Crippen LogP contribution in [0.1, 0.15) is 32.6 Å². The van der Waals surface area contributed by atoms with Gasteiger partial charge in [0.05, 0.1) is 6.10 Å². The summed E-state index contributed by atoms with van der Waals surface area (Å²) in [5, 5.41) is 9.11. The number of allylic oxidation sites excluding steroid dienone is 3. The van der Waals surface area contributed by atoms with Crippen LogP contribution in [0.3, 0.4) is 0 Å². The standard InChI is InChI=1S/C12H21ClO/c1-3-6-12(9-5-10-13)8-4-7-11(2)14/h3,5,9,11-12,14H,1,4,6-8,10H2,2H3/b9-5-. The van der Waals surface area contributed by atoms with Crippen molar-refractivity contribution in [1.29, 1.82) is 0 Å². The molecule has 0 spiro atoms. The third-order valence-electron chi connectivity index (χ3n) is 2.16. The summed E-state index contributed by atoms with van der Waals surface area (Å²) in [4.78, 5) is 0. The Bertz CT molecular complexity index is 164. The Hall–Kier alpha value is -0.270. The zero-order chi connectivity index (χ0) is 10.8. The van der Waals surface area contributed by atoms with Gasteiger partial charge in [-0.25, -0.2) is 0 Å². The monoisotopic (exact) mass is 216 g/mol. The average Bonchev–Trinajstić information content (AvgIpc) is 2.13. The quantitative estimate of drug-likeness (QED) is 0.486. The zero-order valence-corrected chi connectivity index (χ0v) is 9.71. The van der Waals surface area contributed by atoms with Gasteiger partial charge in [0.1, 0.15) is 0 Å². The second kappa shape index (κ2) is 9.29. The first kappa shape index (κ1) is 13.7. The molecule has 0 aromatic rings. The maximum atomic E-state index is 9.11. The lowest BCUT2D eigenvalue weighted by molar-refractivity contribution is 0.179. The van der Waals surface area contributed by atoms with Crippen LogP contribution in [-0.4, -0.2) is 17.1 Å². The number of halogens is 1. The molecule has 0 radical (unpaired) electrons. The SMILES string of the molecule is C=CCC(/C=C\CCl)CCCC(C)O. The molecule has 0 saturated carbocycles. The smallest absolute Gasteiger partial charge is 0.0512 e. The lowest BCUT2D eigenvalue weighted by Crippen LogP contribution is -2.02. The highest BCUT2D eigenvalue weighted by molar-refractivity contribution is 6.18. The van der Waals surface area contributed by atoms with Gasteiger partial charge >= 0.3 is 0 Å². The van der Waals surface area contributed by atoms with Crippen molar-refractivity contribution in [2.75, 3.05) is 5.88 Å². The van der Waals surface area contributed by atoms with Crippen LogP contribution in [0, 0.1) is 5.92 Å². The van der Waals surface area contributed by atoms with E-state index in [4.69, 9.17) is 16.7 Å². The number of hydrogen-bond acceptors (Lipinski definition) is 1. The maximum absolute atomic E-state index is 9.11. The fraction of sp³-hybridized carbons (Fsp3) is 0.667. The molecule has 2 unspecified atom stereocenters. The second-order valence-corrected chi connectivity index (χ2v) is 3.96. The van der Waals surface area contributed by atoms with Gasteiger partial charge in [0, 0.05) is 5.88 Å². The summed E-state index contributed by atoms with van der Waals surface area (Å²) >= 11 is 5.58. The van der Waals surface area contributed by atoms with Gasteiger partial charge in [0.2, 0.25) is 0 Å². The molecule has 0 fully saturated rings. The zero-order valence-electron chi connectivity index (χ0n) is 8.95. The first-order valence-electron chi connectivity index (χ1n) is 5.22. The van der Waals surface area contributed by atoms with Crippen molar-refractivity contribution in [3.8, 4) is 0 Å². The number of hydrogen-bond donors (Lipinski definition) is 1. The number of alkyl halides is 1. The maximum Gasteiger partial charge on any atom is 0.0512 e. The highest BCUT2D eigenvalue weighted by Crippen LogP contribution is 2.15. The van der Waals surface area contributed by atoms with Gasteiger partial charge < -0.3 is 5.11 Å². The molecule has 82 valence electrons. The van der Waals surface area contributed by atoms with E-state index >= 15 is 0 Å². The molecule has 0 saturated heterocycles. The van der Waals surface area contributed by atoms with Gasteiger partial charge in [-0.2, -0.15) is 0 Å². The summed E-state index contributed by atoms with van der Waals surface area (Å²) in [5.41, 5.74) is 0. The molecule has 0 aliphatic rings. The van der Waals surface area contributed by atoms with Gasteiger partial charge in [-0.3, -0.25) is 0 Å². The average molecular weight is 217 g/mol. The molecule has 0 aliphatic heterocycles. The van der Waals surface area contributed by atoms with Crippen molar-refractivity contribution < 1.29 is 5.11 Å². The van der Waals surface area contributed by atoms with E-state index in [-0.39, 0.29) is 6.10 Å². The minimum atomic E-state index is -0.184. The van der Waals surface area contributed by atoms with Crippen LogP contribution in [0.2, 0.25) is 0 Å². The fourth-order valence-electron chi connectivity index (χ4n) is 1.43. The topological polar surface area (TPSA) is 20.2 Å². The lowest BCUT2D eigenvalue weighted by atomic mass is 9.97.